The van der Waals surface area contributed by atoms with Crippen LogP contribution in [0.1, 0.15) is 26.7 Å². The first-order valence-corrected chi connectivity index (χ1v) is 11.0. The van der Waals surface area contributed by atoms with Gasteiger partial charge in [-0.1, -0.05) is 25.5 Å². The minimum Gasteiger partial charge on any atom is -0.383 e. The molecule has 10 heteroatoms. The number of unbranched alkanes of at least 4 members (excludes halogenated alkanes) is 1. The molecule has 3 N–H and O–H groups in total. The molecule has 0 spiro atoms. The number of para-hydroxylation sites is 1. The van der Waals surface area contributed by atoms with Crippen LogP contribution < -0.4 is 26.8 Å². The molecule has 1 aliphatic rings. The number of benzene rings is 1. The zero-order valence-electron chi connectivity index (χ0n) is 18.6. The van der Waals surface area contributed by atoms with E-state index in [1.807, 2.05) is 18.7 Å². The van der Waals surface area contributed by atoms with Gasteiger partial charge in [-0.05, 0) is 25.5 Å². The number of hydrogen-bond donors (Lipinski definition) is 2. The summed E-state index contributed by atoms with van der Waals surface area (Å²) in [7, 11) is 0. The van der Waals surface area contributed by atoms with Crippen molar-refractivity contribution in [1.29, 1.82) is 0 Å². The first-order valence-electron chi connectivity index (χ1n) is 11.0. The molecule has 9 nitrogen and oxygen atoms in total. The summed E-state index contributed by atoms with van der Waals surface area (Å²) in [4.78, 5) is 45.2. The number of rotatable bonds is 8. The Bertz CT molecular complexity index is 1060. The third kappa shape index (κ3) is 4.95. The second-order valence-corrected chi connectivity index (χ2v) is 7.83. The largest absolute Gasteiger partial charge is 0.383 e. The number of nitrogens with two attached hydrogens (primary N) is 1. The van der Waals surface area contributed by atoms with E-state index in [1.54, 1.807) is 28.0 Å². The highest BCUT2D eigenvalue weighted by Gasteiger charge is 2.26. The van der Waals surface area contributed by atoms with Gasteiger partial charge in [0.25, 0.3) is 5.56 Å². The molecule has 174 valence electrons. The summed E-state index contributed by atoms with van der Waals surface area (Å²) in [6.07, 6.45) is 1.61. The van der Waals surface area contributed by atoms with Crippen LogP contribution in [-0.2, 0) is 11.3 Å². The number of anilines is 3. The molecule has 0 aliphatic carbocycles. The molecule has 0 unspecified atom stereocenters. The second-order valence-electron chi connectivity index (χ2n) is 7.83. The fourth-order valence-electron chi connectivity index (χ4n) is 3.94. The van der Waals surface area contributed by atoms with E-state index in [2.05, 4.69) is 4.98 Å². The molecule has 0 radical (unpaired) electrons. The smallest absolute Gasteiger partial charge is 0.330 e. The minimum atomic E-state index is -0.598. The van der Waals surface area contributed by atoms with Crippen LogP contribution in [0.4, 0.5) is 21.6 Å². The SMILES string of the molecule is CCCCn1c(N)c(N(CC)CC(=O)N2CCN(c3ccccc3F)CC2)c(=O)[nH]c1=O. The molecular formula is C22H31FN6O3. The molecule has 2 aromatic rings. The zero-order chi connectivity index (χ0) is 23.3. The monoisotopic (exact) mass is 446 g/mol. The standard InChI is InChI=1S/C22H31FN6O3/c1-3-5-10-29-20(24)19(21(31)25-22(29)32)26(4-2)15-18(30)28-13-11-27(12-14-28)17-9-7-6-8-16(17)23/h6-9H,3-5,10-15,24H2,1-2H3,(H,25,31,32). The highest BCUT2D eigenvalue weighted by atomic mass is 19.1. The third-order valence-electron chi connectivity index (χ3n) is 5.80. The number of carbonyl (C=O) groups is 1. The number of nitrogens with one attached hydrogen (secondary N) is 1. The van der Waals surface area contributed by atoms with Gasteiger partial charge in [-0.25, -0.2) is 9.18 Å². The lowest BCUT2D eigenvalue weighted by Crippen LogP contribution is -2.52. The summed E-state index contributed by atoms with van der Waals surface area (Å²) >= 11 is 0. The van der Waals surface area contributed by atoms with Crippen LogP contribution >= 0.6 is 0 Å². The number of amides is 1. The van der Waals surface area contributed by atoms with Gasteiger partial charge in [0.15, 0.2) is 0 Å². The van der Waals surface area contributed by atoms with E-state index >= 15 is 0 Å². The Morgan fingerprint density at radius 3 is 2.47 bits per heavy atom. The van der Waals surface area contributed by atoms with Gasteiger partial charge in [0, 0.05) is 39.3 Å². The highest BCUT2D eigenvalue weighted by Crippen LogP contribution is 2.21. The quantitative estimate of drug-likeness (QED) is 0.632. The first-order chi connectivity index (χ1) is 15.4. The molecule has 1 saturated heterocycles. The topological polar surface area (TPSA) is 108 Å². The van der Waals surface area contributed by atoms with Crippen molar-refractivity contribution < 1.29 is 9.18 Å². The van der Waals surface area contributed by atoms with Crippen molar-refractivity contribution in [1.82, 2.24) is 14.5 Å². The van der Waals surface area contributed by atoms with Crippen molar-refractivity contribution in [3.63, 3.8) is 0 Å². The Morgan fingerprint density at radius 2 is 1.84 bits per heavy atom. The first kappa shape index (κ1) is 23.4. The number of aromatic nitrogens is 2. The maximum atomic E-state index is 14.1. The van der Waals surface area contributed by atoms with Gasteiger partial charge < -0.3 is 20.4 Å². The van der Waals surface area contributed by atoms with E-state index in [1.165, 1.54) is 10.6 Å². The number of aromatic amines is 1. The zero-order valence-corrected chi connectivity index (χ0v) is 18.6. The lowest BCUT2D eigenvalue weighted by atomic mass is 10.2. The lowest BCUT2D eigenvalue weighted by Gasteiger charge is -2.37. The van der Waals surface area contributed by atoms with Crippen LogP contribution in [0.15, 0.2) is 33.9 Å². The Morgan fingerprint density at radius 1 is 1.16 bits per heavy atom. The summed E-state index contributed by atoms with van der Waals surface area (Å²) < 4.78 is 15.4. The molecule has 3 rings (SSSR count). The minimum absolute atomic E-state index is 0.0323. The van der Waals surface area contributed by atoms with E-state index in [9.17, 15) is 18.8 Å². The van der Waals surface area contributed by atoms with E-state index in [0.717, 1.165) is 12.8 Å². The van der Waals surface area contributed by atoms with Crippen molar-refractivity contribution >= 4 is 23.1 Å². The van der Waals surface area contributed by atoms with Crippen molar-refractivity contribution in [2.24, 2.45) is 0 Å². The Kier molecular flexibility index (Phi) is 7.55. The van der Waals surface area contributed by atoms with Gasteiger partial charge in [0.1, 0.15) is 17.3 Å². The van der Waals surface area contributed by atoms with Gasteiger partial charge in [-0.15, -0.1) is 0 Å². The average molecular weight is 447 g/mol. The number of piperazine rings is 1. The van der Waals surface area contributed by atoms with Crippen LogP contribution in [0.25, 0.3) is 0 Å². The predicted molar refractivity (Wildman–Crippen MR) is 124 cm³/mol. The molecule has 2 heterocycles. The fourth-order valence-corrected chi connectivity index (χ4v) is 3.94. The van der Waals surface area contributed by atoms with Crippen LogP contribution in [-0.4, -0.2) is 59.6 Å². The second kappa shape index (κ2) is 10.3. The summed E-state index contributed by atoms with van der Waals surface area (Å²) in [5.41, 5.74) is 5.72. The molecular weight excluding hydrogens is 415 g/mol. The number of H-pyrrole nitrogens is 1. The molecule has 1 aromatic heterocycles. The summed E-state index contributed by atoms with van der Waals surface area (Å²) in [6, 6.07) is 6.59. The fraction of sp³-hybridized carbons (Fsp3) is 0.500. The van der Waals surface area contributed by atoms with Crippen LogP contribution in [0.2, 0.25) is 0 Å². The Balaban J connectivity index is 1.71. The van der Waals surface area contributed by atoms with E-state index in [4.69, 9.17) is 5.73 Å². The Labute approximate surface area is 186 Å². The molecule has 1 aliphatic heterocycles. The predicted octanol–water partition coefficient (Wildman–Crippen LogP) is 1.23. The number of hydrogen-bond acceptors (Lipinski definition) is 6. The summed E-state index contributed by atoms with van der Waals surface area (Å²) in [5.74, 6) is -0.353. The number of likely N-dealkylation sites (N-methyl/N-ethyl adjacent to an activating group) is 1. The highest BCUT2D eigenvalue weighted by molar-refractivity contribution is 5.83. The molecule has 1 fully saturated rings. The number of nitrogens with zero attached hydrogens (tertiary/aromatic N) is 4. The molecule has 0 atom stereocenters. The van der Waals surface area contributed by atoms with Crippen molar-refractivity contribution in [2.45, 2.75) is 33.2 Å². The van der Waals surface area contributed by atoms with Gasteiger partial charge in [-0.2, -0.15) is 0 Å². The van der Waals surface area contributed by atoms with E-state index < -0.39 is 11.2 Å². The van der Waals surface area contributed by atoms with Crippen LogP contribution in [0.3, 0.4) is 0 Å². The molecule has 1 amide bonds. The third-order valence-corrected chi connectivity index (χ3v) is 5.80. The normalized spacial score (nSPS) is 14.0. The summed E-state index contributed by atoms with van der Waals surface area (Å²) in [5, 5.41) is 0. The van der Waals surface area contributed by atoms with Gasteiger partial charge in [0.2, 0.25) is 5.91 Å². The van der Waals surface area contributed by atoms with Crippen molar-refractivity contribution in [2.75, 3.05) is 54.8 Å². The molecule has 32 heavy (non-hydrogen) atoms. The van der Waals surface area contributed by atoms with E-state index in [-0.39, 0.29) is 29.8 Å². The molecule has 0 saturated carbocycles. The summed E-state index contributed by atoms with van der Waals surface area (Å²) in [6.45, 7) is 6.50. The maximum Gasteiger partial charge on any atom is 0.330 e. The average Bonchev–Trinajstić information content (AvgIpc) is 2.78. The van der Waals surface area contributed by atoms with Gasteiger partial charge in [-0.3, -0.25) is 19.1 Å². The molecule has 0 bridgehead atoms. The van der Waals surface area contributed by atoms with Gasteiger partial charge >= 0.3 is 5.69 Å². The van der Waals surface area contributed by atoms with Crippen molar-refractivity contribution in [3.8, 4) is 0 Å². The van der Waals surface area contributed by atoms with Gasteiger partial charge in [0.05, 0.1) is 12.2 Å². The van der Waals surface area contributed by atoms with E-state index in [0.29, 0.717) is 45.0 Å². The van der Waals surface area contributed by atoms with Crippen LogP contribution in [0.5, 0.6) is 0 Å². The molecule has 1 aromatic carbocycles. The number of nitrogen functional groups attached to an aromatic ring is 1. The number of carbonyl (C=O) groups excluding carboxylic acids is 1. The lowest BCUT2D eigenvalue weighted by molar-refractivity contribution is -0.130. The van der Waals surface area contributed by atoms with Crippen molar-refractivity contribution in [3.05, 3.63) is 50.9 Å². The number of halogens is 1. The van der Waals surface area contributed by atoms with Crippen LogP contribution in [0, 0.1) is 5.82 Å². The Hall–Kier alpha value is -3.30. The maximum absolute atomic E-state index is 14.1.